The van der Waals surface area contributed by atoms with Crippen molar-refractivity contribution >= 4 is 36.5 Å². The van der Waals surface area contributed by atoms with E-state index in [0.717, 1.165) is 58.1 Å². The predicted molar refractivity (Wildman–Crippen MR) is 109 cm³/mol. The van der Waals surface area contributed by atoms with E-state index in [1.165, 1.54) is 0 Å². The number of hydrogen-bond donors (Lipinski definition) is 2. The molecule has 8 heteroatoms. The standard InChI is InChI=1S/C17H29N5O.2ClH/c1-3-10-22(4-2)16-6-5-15(14-20-16)17(23)19-9-13-21-11-7-18-8-12-21;;/h5-6,14,18H,3-4,7-13H2,1-2H3,(H,19,23);2*1H. The van der Waals surface area contributed by atoms with Gasteiger partial charge in [0.05, 0.1) is 5.56 Å². The third-order valence-electron chi connectivity index (χ3n) is 4.13. The van der Waals surface area contributed by atoms with Crippen LogP contribution in [0, 0.1) is 0 Å². The average molecular weight is 392 g/mol. The Hall–Kier alpha value is -1.08. The zero-order chi connectivity index (χ0) is 16.5. The van der Waals surface area contributed by atoms with Gasteiger partial charge in [0.2, 0.25) is 0 Å². The van der Waals surface area contributed by atoms with Crippen molar-refractivity contribution in [2.24, 2.45) is 0 Å². The van der Waals surface area contributed by atoms with E-state index in [1.54, 1.807) is 6.20 Å². The number of pyridine rings is 1. The Morgan fingerprint density at radius 1 is 1.28 bits per heavy atom. The topological polar surface area (TPSA) is 60.5 Å². The Kier molecular flexibility index (Phi) is 12.6. The summed E-state index contributed by atoms with van der Waals surface area (Å²) >= 11 is 0. The van der Waals surface area contributed by atoms with Crippen LogP contribution in [0.15, 0.2) is 18.3 Å². The van der Waals surface area contributed by atoms with E-state index in [2.05, 4.69) is 39.3 Å². The highest BCUT2D eigenvalue weighted by Crippen LogP contribution is 2.11. The number of aromatic nitrogens is 1. The van der Waals surface area contributed by atoms with E-state index >= 15 is 0 Å². The van der Waals surface area contributed by atoms with Crippen molar-refractivity contribution in [2.45, 2.75) is 20.3 Å². The molecule has 6 nitrogen and oxygen atoms in total. The van der Waals surface area contributed by atoms with Crippen molar-refractivity contribution in [3.63, 3.8) is 0 Å². The highest BCUT2D eigenvalue weighted by molar-refractivity contribution is 5.94. The molecule has 144 valence electrons. The van der Waals surface area contributed by atoms with Crippen LogP contribution >= 0.6 is 24.8 Å². The van der Waals surface area contributed by atoms with Crippen LogP contribution in [0.3, 0.4) is 0 Å². The number of nitrogens with zero attached hydrogens (tertiary/aromatic N) is 3. The molecule has 1 aliphatic heterocycles. The second kappa shape index (κ2) is 13.2. The van der Waals surface area contributed by atoms with Gasteiger partial charge in [-0.05, 0) is 25.5 Å². The molecule has 0 atom stereocenters. The van der Waals surface area contributed by atoms with Crippen LogP contribution in [0.4, 0.5) is 5.82 Å². The van der Waals surface area contributed by atoms with Crippen molar-refractivity contribution in [1.82, 2.24) is 20.5 Å². The summed E-state index contributed by atoms with van der Waals surface area (Å²) in [7, 11) is 0. The third kappa shape index (κ3) is 7.77. The quantitative estimate of drug-likeness (QED) is 0.707. The van der Waals surface area contributed by atoms with Gasteiger partial charge in [-0.2, -0.15) is 0 Å². The maximum absolute atomic E-state index is 12.2. The van der Waals surface area contributed by atoms with E-state index in [-0.39, 0.29) is 30.7 Å². The van der Waals surface area contributed by atoms with E-state index in [1.807, 2.05) is 12.1 Å². The van der Waals surface area contributed by atoms with E-state index < -0.39 is 0 Å². The van der Waals surface area contributed by atoms with E-state index in [0.29, 0.717) is 12.1 Å². The maximum atomic E-state index is 12.2. The van der Waals surface area contributed by atoms with Gasteiger partial charge in [-0.3, -0.25) is 9.69 Å². The molecule has 0 aliphatic carbocycles. The van der Waals surface area contributed by atoms with Crippen LogP contribution < -0.4 is 15.5 Å². The molecule has 0 aromatic carbocycles. The highest BCUT2D eigenvalue weighted by Gasteiger charge is 2.11. The fourth-order valence-corrected chi connectivity index (χ4v) is 2.78. The lowest BCUT2D eigenvalue weighted by molar-refractivity contribution is 0.0947. The first-order valence-electron chi connectivity index (χ1n) is 8.66. The van der Waals surface area contributed by atoms with Crippen molar-refractivity contribution in [3.8, 4) is 0 Å². The number of hydrogen-bond acceptors (Lipinski definition) is 5. The van der Waals surface area contributed by atoms with Gasteiger partial charge in [0, 0.05) is 58.6 Å². The first-order valence-corrected chi connectivity index (χ1v) is 8.66. The number of amides is 1. The largest absolute Gasteiger partial charge is 0.357 e. The van der Waals surface area contributed by atoms with Crippen LogP contribution in [0.2, 0.25) is 0 Å². The number of nitrogens with one attached hydrogen (secondary N) is 2. The third-order valence-corrected chi connectivity index (χ3v) is 4.13. The molecule has 0 saturated carbocycles. The summed E-state index contributed by atoms with van der Waals surface area (Å²) in [5.41, 5.74) is 0.626. The van der Waals surface area contributed by atoms with Crippen LogP contribution in [-0.4, -0.2) is 68.1 Å². The Morgan fingerprint density at radius 2 is 2.00 bits per heavy atom. The van der Waals surface area contributed by atoms with Gasteiger partial charge in [0.15, 0.2) is 0 Å². The van der Waals surface area contributed by atoms with Gasteiger partial charge in [0.1, 0.15) is 5.82 Å². The van der Waals surface area contributed by atoms with Crippen LogP contribution in [0.1, 0.15) is 30.6 Å². The lowest BCUT2D eigenvalue weighted by Crippen LogP contribution is -2.46. The predicted octanol–water partition coefficient (Wildman–Crippen LogP) is 1.80. The lowest BCUT2D eigenvalue weighted by atomic mass is 10.2. The van der Waals surface area contributed by atoms with Crippen molar-refractivity contribution < 1.29 is 4.79 Å². The average Bonchev–Trinajstić information content (AvgIpc) is 2.60. The molecular formula is C17H31Cl2N5O. The van der Waals surface area contributed by atoms with Gasteiger partial charge in [-0.15, -0.1) is 24.8 Å². The Bertz CT molecular complexity index is 480. The molecule has 0 radical (unpaired) electrons. The number of carbonyl (C=O) groups excluding carboxylic acids is 1. The molecule has 2 rings (SSSR count). The zero-order valence-corrected chi connectivity index (χ0v) is 16.8. The number of rotatable bonds is 8. The molecule has 1 amide bonds. The van der Waals surface area contributed by atoms with Gasteiger partial charge >= 0.3 is 0 Å². The second-order valence-corrected chi connectivity index (χ2v) is 5.83. The number of piperazine rings is 1. The fourth-order valence-electron chi connectivity index (χ4n) is 2.78. The number of anilines is 1. The minimum atomic E-state index is -0.0438. The normalized spacial score (nSPS) is 14.2. The monoisotopic (exact) mass is 391 g/mol. The summed E-state index contributed by atoms with van der Waals surface area (Å²) in [6.07, 6.45) is 2.76. The fraction of sp³-hybridized carbons (Fsp3) is 0.647. The van der Waals surface area contributed by atoms with Crippen LogP contribution in [0.25, 0.3) is 0 Å². The molecular weight excluding hydrogens is 361 g/mol. The molecule has 1 fully saturated rings. The summed E-state index contributed by atoms with van der Waals surface area (Å²) in [5.74, 6) is 0.893. The SMILES string of the molecule is CCCN(CC)c1ccc(C(=O)NCCN2CCNCC2)cn1.Cl.Cl. The van der Waals surface area contributed by atoms with Gasteiger partial charge in [0.25, 0.3) is 5.91 Å². The van der Waals surface area contributed by atoms with E-state index in [4.69, 9.17) is 0 Å². The van der Waals surface area contributed by atoms with Crippen molar-refractivity contribution in [2.75, 3.05) is 57.3 Å². The maximum Gasteiger partial charge on any atom is 0.252 e. The molecule has 0 bridgehead atoms. The molecule has 1 aromatic heterocycles. The van der Waals surface area contributed by atoms with Gasteiger partial charge in [-0.25, -0.2) is 4.98 Å². The highest BCUT2D eigenvalue weighted by atomic mass is 35.5. The minimum absolute atomic E-state index is 0. The molecule has 1 aliphatic rings. The van der Waals surface area contributed by atoms with Crippen LogP contribution in [0.5, 0.6) is 0 Å². The summed E-state index contributed by atoms with van der Waals surface area (Å²) in [6.45, 7) is 11.9. The number of carbonyl (C=O) groups is 1. The molecule has 0 unspecified atom stereocenters. The first kappa shape index (κ1) is 23.9. The van der Waals surface area contributed by atoms with E-state index in [9.17, 15) is 4.79 Å². The van der Waals surface area contributed by atoms with Gasteiger partial charge in [-0.1, -0.05) is 6.92 Å². The van der Waals surface area contributed by atoms with Crippen molar-refractivity contribution in [3.05, 3.63) is 23.9 Å². The Labute approximate surface area is 163 Å². The Balaban J connectivity index is 0.00000288. The number of halogens is 2. The summed E-state index contributed by atoms with van der Waals surface area (Å²) in [4.78, 5) is 21.2. The smallest absolute Gasteiger partial charge is 0.252 e. The molecule has 2 N–H and O–H groups in total. The summed E-state index contributed by atoms with van der Waals surface area (Å²) < 4.78 is 0. The molecule has 2 heterocycles. The minimum Gasteiger partial charge on any atom is -0.357 e. The molecule has 1 aromatic rings. The van der Waals surface area contributed by atoms with Gasteiger partial charge < -0.3 is 15.5 Å². The first-order chi connectivity index (χ1) is 11.2. The molecule has 1 saturated heterocycles. The van der Waals surface area contributed by atoms with Crippen LogP contribution in [-0.2, 0) is 0 Å². The lowest BCUT2D eigenvalue weighted by Gasteiger charge is -2.27. The zero-order valence-electron chi connectivity index (χ0n) is 15.2. The second-order valence-electron chi connectivity index (χ2n) is 5.83. The summed E-state index contributed by atoms with van der Waals surface area (Å²) in [6, 6.07) is 3.80. The molecule has 25 heavy (non-hydrogen) atoms. The van der Waals surface area contributed by atoms with Crippen molar-refractivity contribution in [1.29, 1.82) is 0 Å². The molecule has 0 spiro atoms. The summed E-state index contributed by atoms with van der Waals surface area (Å²) in [5, 5.41) is 6.31. The Morgan fingerprint density at radius 3 is 2.56 bits per heavy atom.